The first-order chi connectivity index (χ1) is 19.3. The molecule has 5 rings (SSSR count). The number of benzene rings is 1. The lowest BCUT2D eigenvalue weighted by molar-refractivity contribution is -0.129. The summed E-state index contributed by atoms with van der Waals surface area (Å²) in [7, 11) is 3.05. The fraction of sp³-hybridized carbons (Fsp3) is 0.385. The summed E-state index contributed by atoms with van der Waals surface area (Å²) in [6.45, 7) is 2.00. The van der Waals surface area contributed by atoms with E-state index in [0.717, 1.165) is 15.9 Å². The Bertz CT molecular complexity index is 1740. The number of nitriles is 1. The van der Waals surface area contributed by atoms with E-state index < -0.39 is 29.2 Å². The molecule has 14 heteroatoms. The number of likely N-dealkylation sites (N-methyl/N-ethyl adjacent to an activating group) is 1. The van der Waals surface area contributed by atoms with Crippen molar-refractivity contribution in [2.75, 3.05) is 27.3 Å². The fourth-order valence-corrected chi connectivity index (χ4v) is 6.17. The quantitative estimate of drug-likeness (QED) is 0.281. The van der Waals surface area contributed by atoms with Gasteiger partial charge in [0.15, 0.2) is 0 Å². The molecular formula is C26H26FN7O5S. The smallest absolute Gasteiger partial charge is 0.332 e. The van der Waals surface area contributed by atoms with Crippen molar-refractivity contribution in [3.05, 3.63) is 68.4 Å². The fourth-order valence-electron chi connectivity index (χ4n) is 4.95. The van der Waals surface area contributed by atoms with Crippen molar-refractivity contribution in [1.82, 2.24) is 29.0 Å². The Labute approximate surface area is 231 Å². The monoisotopic (exact) mass is 567 g/mol. The molecule has 0 aliphatic carbocycles. The van der Waals surface area contributed by atoms with Crippen molar-refractivity contribution in [2.24, 2.45) is 0 Å². The number of halogens is 1. The maximum absolute atomic E-state index is 14.4. The second-order valence-corrected chi connectivity index (χ2v) is 10.3. The summed E-state index contributed by atoms with van der Waals surface area (Å²) in [6, 6.07) is 4.99. The highest BCUT2D eigenvalue weighted by Crippen LogP contribution is 2.34. The average Bonchev–Trinajstić information content (AvgIpc) is 3.66. The van der Waals surface area contributed by atoms with Crippen molar-refractivity contribution >= 4 is 27.5 Å². The van der Waals surface area contributed by atoms with Crippen molar-refractivity contribution in [1.29, 1.82) is 5.26 Å². The molecule has 4 aromatic rings. The normalized spacial score (nSPS) is 16.0. The third-order valence-electron chi connectivity index (χ3n) is 6.95. The predicted octanol–water partition coefficient (Wildman–Crippen LogP) is 2.34. The van der Waals surface area contributed by atoms with Gasteiger partial charge in [0.05, 0.1) is 50.5 Å². The molecule has 2 atom stereocenters. The number of rotatable bonds is 9. The third-order valence-corrected chi connectivity index (χ3v) is 8.23. The largest absolute Gasteiger partial charge is 0.496 e. The van der Waals surface area contributed by atoms with E-state index in [1.54, 1.807) is 14.0 Å². The van der Waals surface area contributed by atoms with Gasteiger partial charge < -0.3 is 14.4 Å². The summed E-state index contributed by atoms with van der Waals surface area (Å²) in [6.07, 6.45) is 2.43. The molecule has 1 aromatic carbocycles. The van der Waals surface area contributed by atoms with E-state index in [9.17, 15) is 18.8 Å². The molecule has 3 aromatic heterocycles. The number of aromatic nitrogens is 5. The molecule has 208 valence electrons. The Morgan fingerprint density at radius 2 is 2.00 bits per heavy atom. The molecule has 1 aliphatic rings. The van der Waals surface area contributed by atoms with E-state index in [4.69, 9.17) is 14.7 Å². The van der Waals surface area contributed by atoms with Gasteiger partial charge in [-0.1, -0.05) is 11.3 Å². The van der Waals surface area contributed by atoms with E-state index in [2.05, 4.69) is 10.2 Å². The van der Waals surface area contributed by atoms with Crippen LogP contribution in [0.4, 0.5) is 4.39 Å². The molecule has 1 amide bonds. The number of carbonyl (C=O) groups excluding carboxylic acids is 1. The predicted molar refractivity (Wildman–Crippen MR) is 143 cm³/mol. The SMILES string of the molecule is COc1ccc(F)cc1[C@H](Cn1c(=O)n([C@@H]2CCN(C)C2=O)c(=O)c2c(C)c(-n3nccn3)sc21)OCCC#N. The minimum Gasteiger partial charge on any atom is -0.496 e. The molecule has 1 saturated heterocycles. The summed E-state index contributed by atoms with van der Waals surface area (Å²) < 4.78 is 28.2. The molecule has 0 radical (unpaired) electrons. The standard InChI is InChI=1S/C26H26FN7O5S/c1-15-21-23(36)33(18-7-11-31(2)22(18)35)26(37)32(25(21)40-24(15)34-29-9-10-30-34)14-20(39-12-4-8-28)17-13-16(27)5-6-19(17)38-3/h5-6,9-10,13,18,20H,4,7,11-12,14H2,1-3H3/t18-,20+/m1/s1. The van der Waals surface area contributed by atoms with E-state index in [1.165, 1.54) is 52.0 Å². The molecule has 4 heterocycles. The summed E-state index contributed by atoms with van der Waals surface area (Å²) >= 11 is 1.15. The number of hydrogen-bond acceptors (Lipinski definition) is 9. The summed E-state index contributed by atoms with van der Waals surface area (Å²) in [4.78, 5) is 44.1. The molecule has 0 spiro atoms. The number of ether oxygens (including phenoxy) is 2. The van der Waals surface area contributed by atoms with Crippen LogP contribution in [0.3, 0.4) is 0 Å². The number of hydrogen-bond donors (Lipinski definition) is 0. The number of likely N-dealkylation sites (tertiary alicyclic amines) is 1. The van der Waals surface area contributed by atoms with Crippen LogP contribution in [-0.4, -0.2) is 62.2 Å². The maximum atomic E-state index is 14.4. The molecule has 0 N–H and O–H groups in total. The Morgan fingerprint density at radius 3 is 2.65 bits per heavy atom. The van der Waals surface area contributed by atoms with Gasteiger partial charge in [0.25, 0.3) is 5.56 Å². The first kappa shape index (κ1) is 27.2. The van der Waals surface area contributed by atoms with Crippen molar-refractivity contribution in [3.63, 3.8) is 0 Å². The number of methoxy groups -OCH3 is 1. The zero-order chi connectivity index (χ0) is 28.6. The third kappa shape index (κ3) is 4.67. The Balaban J connectivity index is 1.76. The molecule has 0 unspecified atom stereocenters. The van der Waals surface area contributed by atoms with E-state index in [1.807, 2.05) is 6.07 Å². The number of amides is 1. The Hall–Kier alpha value is -4.35. The number of thiophene rings is 1. The van der Waals surface area contributed by atoms with Crippen molar-refractivity contribution < 1.29 is 18.7 Å². The number of fused-ring (bicyclic) bond motifs is 1. The van der Waals surface area contributed by atoms with Crippen molar-refractivity contribution in [3.8, 4) is 16.8 Å². The highest BCUT2D eigenvalue weighted by molar-refractivity contribution is 7.21. The van der Waals surface area contributed by atoms with Crippen molar-refractivity contribution in [2.45, 2.75) is 38.5 Å². The van der Waals surface area contributed by atoms with Crippen LogP contribution in [0.1, 0.15) is 36.1 Å². The number of carbonyl (C=O) groups is 1. The second kappa shape index (κ2) is 11.0. The van der Waals surface area contributed by atoms with E-state index in [-0.39, 0.29) is 30.9 Å². The molecule has 1 fully saturated rings. The van der Waals surface area contributed by atoms with Gasteiger partial charge in [0.1, 0.15) is 33.5 Å². The van der Waals surface area contributed by atoms with E-state index in [0.29, 0.717) is 39.7 Å². The highest BCUT2D eigenvalue weighted by atomic mass is 32.1. The lowest BCUT2D eigenvalue weighted by Crippen LogP contribution is -2.44. The molecule has 0 saturated carbocycles. The van der Waals surface area contributed by atoms with Crippen LogP contribution >= 0.6 is 11.3 Å². The van der Waals surface area contributed by atoms with Gasteiger partial charge in [-0.3, -0.25) is 14.2 Å². The molecule has 12 nitrogen and oxygen atoms in total. The van der Waals surface area contributed by atoms with Gasteiger partial charge in [-0.15, -0.1) is 4.80 Å². The Morgan fingerprint density at radius 1 is 1.25 bits per heavy atom. The zero-order valence-electron chi connectivity index (χ0n) is 22.0. The first-order valence-electron chi connectivity index (χ1n) is 12.5. The summed E-state index contributed by atoms with van der Waals surface area (Å²) in [5, 5.41) is 18.2. The zero-order valence-corrected chi connectivity index (χ0v) is 22.9. The van der Waals surface area contributed by atoms with Gasteiger partial charge in [-0.25, -0.2) is 13.8 Å². The lowest BCUT2D eigenvalue weighted by atomic mass is 10.1. The van der Waals surface area contributed by atoms with Gasteiger partial charge >= 0.3 is 5.69 Å². The average molecular weight is 568 g/mol. The van der Waals surface area contributed by atoms with Crippen LogP contribution in [0.2, 0.25) is 0 Å². The van der Waals surface area contributed by atoms with Crippen LogP contribution in [-0.2, 0) is 16.1 Å². The summed E-state index contributed by atoms with van der Waals surface area (Å²) in [5.41, 5.74) is -0.399. The van der Waals surface area contributed by atoms with Crippen LogP contribution in [0, 0.1) is 24.1 Å². The van der Waals surface area contributed by atoms with E-state index >= 15 is 0 Å². The maximum Gasteiger partial charge on any atom is 0.332 e. The topological polar surface area (TPSA) is 137 Å². The molecular weight excluding hydrogens is 541 g/mol. The minimum atomic E-state index is -0.965. The first-order valence-corrected chi connectivity index (χ1v) is 13.3. The second-order valence-electron chi connectivity index (χ2n) is 9.32. The van der Waals surface area contributed by atoms with Gasteiger partial charge in [-0.05, 0) is 31.5 Å². The van der Waals surface area contributed by atoms with Crippen LogP contribution in [0.15, 0.2) is 40.2 Å². The molecule has 1 aliphatic heterocycles. The van der Waals surface area contributed by atoms with Crippen LogP contribution < -0.4 is 16.0 Å². The summed E-state index contributed by atoms with van der Waals surface area (Å²) in [5.74, 6) is -0.538. The number of aryl methyl sites for hydroxylation is 1. The minimum absolute atomic E-state index is 0.0101. The van der Waals surface area contributed by atoms with Gasteiger partial charge in [-0.2, -0.15) is 15.5 Å². The highest BCUT2D eigenvalue weighted by Gasteiger charge is 2.35. The molecule has 40 heavy (non-hydrogen) atoms. The Kier molecular flexibility index (Phi) is 7.51. The number of nitrogens with zero attached hydrogens (tertiary/aromatic N) is 7. The lowest BCUT2D eigenvalue weighted by Gasteiger charge is -2.23. The van der Waals surface area contributed by atoms with Crippen LogP contribution in [0.25, 0.3) is 15.2 Å². The van der Waals surface area contributed by atoms with Gasteiger partial charge in [0, 0.05) is 24.7 Å². The molecule has 0 bridgehead atoms. The van der Waals surface area contributed by atoms with Crippen LogP contribution in [0.5, 0.6) is 5.75 Å². The van der Waals surface area contributed by atoms with Gasteiger partial charge in [0.2, 0.25) is 5.91 Å².